The Morgan fingerprint density at radius 3 is 2.68 bits per heavy atom. The fourth-order valence-corrected chi connectivity index (χ4v) is 3.35. The van der Waals surface area contributed by atoms with Gasteiger partial charge < -0.3 is 10.6 Å². The summed E-state index contributed by atoms with van der Waals surface area (Å²) in [6, 6.07) is 18.3. The molecule has 2 aromatic carbocycles. The second-order valence-electron chi connectivity index (χ2n) is 6.38. The maximum absolute atomic E-state index is 8.98. The highest BCUT2D eigenvalue weighted by atomic mass is 79.9. The van der Waals surface area contributed by atoms with Crippen molar-refractivity contribution in [3.05, 3.63) is 69.7 Å². The summed E-state index contributed by atoms with van der Waals surface area (Å²) in [6.07, 6.45) is 2.38. The lowest BCUT2D eigenvalue weighted by atomic mass is 9.96. The van der Waals surface area contributed by atoms with Crippen LogP contribution >= 0.6 is 15.9 Å². The standard InChI is InChI=1S/C20H21BrN4/c1-23-19(24-13-16-5-2-4-15(10-16)12-22)25-14-20(8-9-20)17-6-3-7-18(21)11-17/h2-7,10-11H,8-9,13-14H2,1H3,(H2,23,24,25). The molecular formula is C20H21BrN4. The van der Waals surface area contributed by atoms with Crippen LogP contribution in [0.4, 0.5) is 0 Å². The molecule has 1 aliphatic rings. The molecule has 0 spiro atoms. The lowest BCUT2D eigenvalue weighted by Gasteiger charge is -2.19. The highest BCUT2D eigenvalue weighted by Gasteiger charge is 2.44. The van der Waals surface area contributed by atoms with Crippen LogP contribution < -0.4 is 10.6 Å². The number of halogens is 1. The molecule has 0 amide bonds. The van der Waals surface area contributed by atoms with E-state index in [2.05, 4.69) is 61.9 Å². The smallest absolute Gasteiger partial charge is 0.191 e. The molecule has 1 saturated carbocycles. The number of hydrogen-bond acceptors (Lipinski definition) is 2. The highest BCUT2D eigenvalue weighted by molar-refractivity contribution is 9.10. The molecule has 25 heavy (non-hydrogen) atoms. The number of benzene rings is 2. The molecule has 0 saturated heterocycles. The number of nitrogens with one attached hydrogen (secondary N) is 2. The Kier molecular flexibility index (Phi) is 5.40. The normalized spacial score (nSPS) is 15.3. The van der Waals surface area contributed by atoms with Crippen molar-refractivity contribution in [2.75, 3.05) is 13.6 Å². The van der Waals surface area contributed by atoms with Crippen LogP contribution in [-0.4, -0.2) is 19.6 Å². The van der Waals surface area contributed by atoms with Gasteiger partial charge >= 0.3 is 0 Å². The molecule has 0 aliphatic heterocycles. The van der Waals surface area contributed by atoms with Gasteiger partial charge in [0.2, 0.25) is 0 Å². The Bertz CT molecular complexity index is 818. The summed E-state index contributed by atoms with van der Waals surface area (Å²) in [5.41, 5.74) is 3.32. The third kappa shape index (κ3) is 4.40. The average Bonchev–Trinajstić information content (AvgIpc) is 3.43. The maximum atomic E-state index is 8.98. The summed E-state index contributed by atoms with van der Waals surface area (Å²) in [5.74, 6) is 0.781. The van der Waals surface area contributed by atoms with Crippen LogP contribution in [0.25, 0.3) is 0 Å². The number of aliphatic imine (C=N–C) groups is 1. The minimum Gasteiger partial charge on any atom is -0.356 e. The summed E-state index contributed by atoms with van der Waals surface area (Å²) < 4.78 is 1.12. The summed E-state index contributed by atoms with van der Waals surface area (Å²) in [6.45, 7) is 1.50. The molecule has 1 aliphatic carbocycles. The van der Waals surface area contributed by atoms with Crippen LogP contribution in [0.3, 0.4) is 0 Å². The summed E-state index contributed by atoms with van der Waals surface area (Å²) in [5, 5.41) is 15.8. The highest BCUT2D eigenvalue weighted by Crippen LogP contribution is 2.48. The number of nitriles is 1. The van der Waals surface area contributed by atoms with E-state index in [0.29, 0.717) is 12.1 Å². The van der Waals surface area contributed by atoms with Gasteiger partial charge in [0.25, 0.3) is 0 Å². The molecule has 1 fully saturated rings. The number of nitrogens with zero attached hydrogens (tertiary/aromatic N) is 2. The van der Waals surface area contributed by atoms with Gasteiger partial charge in [0, 0.05) is 30.0 Å². The summed E-state index contributed by atoms with van der Waals surface area (Å²) >= 11 is 3.56. The first-order chi connectivity index (χ1) is 12.1. The molecule has 0 unspecified atom stereocenters. The summed E-state index contributed by atoms with van der Waals surface area (Å²) in [4.78, 5) is 4.31. The van der Waals surface area contributed by atoms with E-state index in [-0.39, 0.29) is 5.41 Å². The molecule has 0 aromatic heterocycles. The molecule has 0 bridgehead atoms. The van der Waals surface area contributed by atoms with Gasteiger partial charge in [-0.15, -0.1) is 0 Å². The molecule has 0 radical (unpaired) electrons. The van der Waals surface area contributed by atoms with Gasteiger partial charge in [-0.05, 0) is 48.2 Å². The van der Waals surface area contributed by atoms with E-state index in [4.69, 9.17) is 5.26 Å². The Morgan fingerprint density at radius 1 is 1.20 bits per heavy atom. The van der Waals surface area contributed by atoms with Crippen molar-refractivity contribution in [1.82, 2.24) is 10.6 Å². The van der Waals surface area contributed by atoms with E-state index in [9.17, 15) is 0 Å². The summed E-state index contributed by atoms with van der Waals surface area (Å²) in [7, 11) is 1.78. The first-order valence-electron chi connectivity index (χ1n) is 8.35. The van der Waals surface area contributed by atoms with E-state index in [1.165, 1.54) is 18.4 Å². The SMILES string of the molecule is CN=C(NCc1cccc(C#N)c1)NCC1(c2cccc(Br)c2)CC1. The molecule has 2 N–H and O–H groups in total. The van der Waals surface area contributed by atoms with Gasteiger partial charge in [-0.2, -0.15) is 5.26 Å². The Morgan fingerprint density at radius 2 is 2.00 bits per heavy atom. The van der Waals surface area contributed by atoms with E-state index in [0.717, 1.165) is 22.5 Å². The van der Waals surface area contributed by atoms with Gasteiger partial charge in [-0.3, -0.25) is 4.99 Å². The lowest BCUT2D eigenvalue weighted by Crippen LogP contribution is -2.40. The van der Waals surface area contributed by atoms with Crippen molar-refractivity contribution in [3.63, 3.8) is 0 Å². The zero-order chi connectivity index (χ0) is 17.7. The predicted molar refractivity (Wildman–Crippen MR) is 104 cm³/mol. The Balaban J connectivity index is 1.57. The fraction of sp³-hybridized carbons (Fsp3) is 0.300. The molecule has 3 rings (SSSR count). The minimum atomic E-state index is 0.210. The molecule has 2 aromatic rings. The molecular weight excluding hydrogens is 376 g/mol. The van der Waals surface area contributed by atoms with Gasteiger partial charge in [-0.25, -0.2) is 0 Å². The van der Waals surface area contributed by atoms with Crippen LogP contribution in [0, 0.1) is 11.3 Å². The van der Waals surface area contributed by atoms with E-state index < -0.39 is 0 Å². The zero-order valence-electron chi connectivity index (χ0n) is 14.2. The Hall–Kier alpha value is -2.32. The van der Waals surface area contributed by atoms with E-state index >= 15 is 0 Å². The second kappa shape index (κ2) is 7.71. The molecule has 5 heteroatoms. The van der Waals surface area contributed by atoms with Crippen molar-refractivity contribution in [1.29, 1.82) is 5.26 Å². The molecule has 4 nitrogen and oxygen atoms in total. The second-order valence-corrected chi connectivity index (χ2v) is 7.30. The molecule has 0 atom stereocenters. The van der Waals surface area contributed by atoms with E-state index in [1.807, 2.05) is 24.3 Å². The average molecular weight is 397 g/mol. The van der Waals surface area contributed by atoms with E-state index in [1.54, 1.807) is 7.05 Å². The predicted octanol–water partition coefficient (Wildman–Crippen LogP) is 3.72. The number of rotatable bonds is 5. The first-order valence-corrected chi connectivity index (χ1v) is 9.14. The largest absolute Gasteiger partial charge is 0.356 e. The van der Waals surface area contributed by atoms with Crippen LogP contribution in [0.15, 0.2) is 58.0 Å². The van der Waals surface area contributed by atoms with Gasteiger partial charge in [-0.1, -0.05) is 40.2 Å². The van der Waals surface area contributed by atoms with Crippen molar-refractivity contribution in [2.45, 2.75) is 24.8 Å². The minimum absolute atomic E-state index is 0.210. The monoisotopic (exact) mass is 396 g/mol. The maximum Gasteiger partial charge on any atom is 0.191 e. The molecule has 0 heterocycles. The van der Waals surface area contributed by atoms with Gasteiger partial charge in [0.05, 0.1) is 11.6 Å². The van der Waals surface area contributed by atoms with Gasteiger partial charge in [0.15, 0.2) is 5.96 Å². The van der Waals surface area contributed by atoms with Crippen LogP contribution in [0.2, 0.25) is 0 Å². The van der Waals surface area contributed by atoms with Crippen LogP contribution in [-0.2, 0) is 12.0 Å². The van der Waals surface area contributed by atoms with Crippen molar-refractivity contribution < 1.29 is 0 Å². The topological polar surface area (TPSA) is 60.2 Å². The first kappa shape index (κ1) is 17.5. The molecule has 128 valence electrons. The number of guanidine groups is 1. The van der Waals surface area contributed by atoms with Crippen LogP contribution in [0.5, 0.6) is 0 Å². The fourth-order valence-electron chi connectivity index (χ4n) is 2.95. The third-order valence-corrected chi connectivity index (χ3v) is 5.12. The number of hydrogen-bond donors (Lipinski definition) is 2. The quantitative estimate of drug-likeness (QED) is 0.597. The van der Waals surface area contributed by atoms with Crippen LogP contribution in [0.1, 0.15) is 29.5 Å². The van der Waals surface area contributed by atoms with Crippen molar-refractivity contribution in [3.8, 4) is 6.07 Å². The zero-order valence-corrected chi connectivity index (χ0v) is 15.8. The lowest BCUT2D eigenvalue weighted by molar-refractivity contribution is 0.645. The third-order valence-electron chi connectivity index (χ3n) is 4.62. The van der Waals surface area contributed by atoms with Crippen molar-refractivity contribution in [2.24, 2.45) is 4.99 Å². The van der Waals surface area contributed by atoms with Crippen molar-refractivity contribution >= 4 is 21.9 Å². The van der Waals surface area contributed by atoms with Gasteiger partial charge in [0.1, 0.15) is 0 Å². The Labute approximate surface area is 157 Å².